The van der Waals surface area contributed by atoms with E-state index in [2.05, 4.69) is 303 Å². The van der Waals surface area contributed by atoms with Crippen LogP contribution in [0, 0.1) is 0 Å². The molecule has 16 rings (SSSR count). The summed E-state index contributed by atoms with van der Waals surface area (Å²) >= 11 is 0. The molecule has 1 aliphatic heterocycles. The SMILES string of the molecule is CC1(c2ccccc2)c2ccccc2-c2ccc(N(c3ccc(-c4cc([Si]5(c6ccccc6)c6ccccc6-c6ccccc65)cc5c4CC5)cc3)c3ccc4c(c3)C(c3ccccc3)(c3ccccc3)c3ccccc3-4)cc21. The van der Waals surface area contributed by atoms with E-state index >= 15 is 0 Å². The standard InChI is InChI=1S/C77H55NSi/c1-76(54-22-6-2-7-23-54)70-34-18-14-30-63(70)65-46-43-58(49-72(65)76)78(59-44-47-66-64-31-15-19-35-71(64)77(73(66)50-59,55-24-8-3-9-25-55)56-26-10-4-11-27-56)57-41-38-52(39-42-57)69-51-61(48-53-40-45-62(53)69)79(60-28-12-5-13-29-60)74-36-20-16-32-67(74)68-33-17-21-37-75(68)79/h2-39,41-44,46-51H,40,45H2,1H3. The molecule has 0 aromatic heterocycles. The Bertz CT molecular complexity index is 4290. The minimum Gasteiger partial charge on any atom is -0.310 e. The average Bonchev–Trinajstić information content (AvgIpc) is 4.30. The van der Waals surface area contributed by atoms with E-state index in [9.17, 15) is 0 Å². The first-order valence-electron chi connectivity index (χ1n) is 28.0. The normalized spacial score (nSPS) is 16.1. The molecule has 79 heavy (non-hydrogen) atoms. The maximum Gasteiger partial charge on any atom is 0.180 e. The largest absolute Gasteiger partial charge is 0.310 e. The molecular formula is C77H55NSi. The second-order valence-electron chi connectivity index (χ2n) is 22.3. The summed E-state index contributed by atoms with van der Waals surface area (Å²) in [6.07, 6.45) is 2.19. The van der Waals surface area contributed by atoms with E-state index < -0.39 is 13.5 Å². The summed E-state index contributed by atoms with van der Waals surface area (Å²) in [7, 11) is -2.70. The Balaban J connectivity index is 0.903. The summed E-state index contributed by atoms with van der Waals surface area (Å²) in [6, 6.07) is 111. The van der Waals surface area contributed by atoms with E-state index in [1.54, 1.807) is 0 Å². The van der Waals surface area contributed by atoms with Crippen LogP contribution in [0.5, 0.6) is 0 Å². The van der Waals surface area contributed by atoms with Gasteiger partial charge in [0, 0.05) is 22.5 Å². The van der Waals surface area contributed by atoms with Crippen LogP contribution in [0.2, 0.25) is 0 Å². The van der Waals surface area contributed by atoms with Crippen molar-refractivity contribution in [3.63, 3.8) is 0 Å². The van der Waals surface area contributed by atoms with Crippen LogP contribution in [-0.4, -0.2) is 8.07 Å². The quantitative estimate of drug-likeness (QED) is 0.130. The van der Waals surface area contributed by atoms with E-state index in [-0.39, 0.29) is 5.41 Å². The van der Waals surface area contributed by atoms with E-state index in [0.717, 1.165) is 29.9 Å². The van der Waals surface area contributed by atoms with Gasteiger partial charge in [-0.25, -0.2) is 0 Å². The van der Waals surface area contributed by atoms with Gasteiger partial charge in [0.15, 0.2) is 8.07 Å². The molecule has 0 spiro atoms. The summed E-state index contributed by atoms with van der Waals surface area (Å²) in [5.74, 6) is 0. The lowest BCUT2D eigenvalue weighted by Gasteiger charge is -2.35. The smallest absolute Gasteiger partial charge is 0.180 e. The predicted molar refractivity (Wildman–Crippen MR) is 331 cm³/mol. The summed E-state index contributed by atoms with van der Waals surface area (Å²) in [5, 5.41) is 5.88. The molecule has 0 fully saturated rings. The van der Waals surface area contributed by atoms with Gasteiger partial charge in [-0.1, -0.05) is 255 Å². The lowest BCUT2D eigenvalue weighted by molar-refractivity contribution is 0.714. The van der Waals surface area contributed by atoms with Crippen LogP contribution in [0.15, 0.2) is 291 Å². The van der Waals surface area contributed by atoms with Gasteiger partial charge >= 0.3 is 0 Å². The van der Waals surface area contributed by atoms with Crippen molar-refractivity contribution in [3.05, 3.63) is 341 Å². The van der Waals surface area contributed by atoms with Crippen LogP contribution in [0.1, 0.15) is 57.0 Å². The van der Waals surface area contributed by atoms with Crippen molar-refractivity contribution >= 4 is 45.9 Å². The van der Waals surface area contributed by atoms with Gasteiger partial charge in [-0.2, -0.15) is 0 Å². The van der Waals surface area contributed by atoms with Crippen molar-refractivity contribution in [2.45, 2.75) is 30.6 Å². The Labute approximate surface area is 464 Å². The first-order chi connectivity index (χ1) is 39.1. The number of hydrogen-bond donors (Lipinski definition) is 0. The van der Waals surface area contributed by atoms with Gasteiger partial charge in [-0.15, -0.1) is 0 Å². The molecule has 0 saturated carbocycles. The topological polar surface area (TPSA) is 3.24 Å². The summed E-state index contributed by atoms with van der Waals surface area (Å²) in [4.78, 5) is 2.53. The highest BCUT2D eigenvalue weighted by Gasteiger charge is 2.50. The van der Waals surface area contributed by atoms with Crippen molar-refractivity contribution in [3.8, 4) is 44.5 Å². The maximum absolute atomic E-state index is 2.70. The third-order valence-corrected chi connectivity index (χ3v) is 23.5. The Morgan fingerprint density at radius 1 is 0.316 bits per heavy atom. The van der Waals surface area contributed by atoms with Gasteiger partial charge in [0.25, 0.3) is 0 Å². The number of benzene rings is 12. The van der Waals surface area contributed by atoms with E-state index in [4.69, 9.17) is 0 Å². The second-order valence-corrected chi connectivity index (χ2v) is 26.0. The minimum absolute atomic E-state index is 0.359. The van der Waals surface area contributed by atoms with Gasteiger partial charge in [0.1, 0.15) is 0 Å². The molecule has 0 saturated heterocycles. The summed E-state index contributed by atoms with van der Waals surface area (Å²) < 4.78 is 0. The van der Waals surface area contributed by atoms with E-state index in [1.165, 1.54) is 115 Å². The van der Waals surface area contributed by atoms with Crippen LogP contribution in [0.3, 0.4) is 0 Å². The van der Waals surface area contributed by atoms with E-state index in [1.807, 2.05) is 0 Å². The fourth-order valence-electron chi connectivity index (χ4n) is 15.0. The molecule has 2 heteroatoms. The van der Waals surface area contributed by atoms with Crippen LogP contribution < -0.4 is 25.6 Å². The van der Waals surface area contributed by atoms with Crippen molar-refractivity contribution in [2.24, 2.45) is 0 Å². The molecule has 1 atom stereocenters. The fraction of sp³-hybridized carbons (Fsp3) is 0.0649. The van der Waals surface area contributed by atoms with Crippen LogP contribution >= 0.6 is 0 Å². The lowest BCUT2D eigenvalue weighted by atomic mass is 9.67. The molecule has 12 aromatic rings. The number of aryl methyl sites for hydroxylation is 1. The Morgan fingerprint density at radius 3 is 1.35 bits per heavy atom. The zero-order valence-electron chi connectivity index (χ0n) is 44.1. The molecular weight excluding hydrogens is 967 g/mol. The monoisotopic (exact) mass is 1020 g/mol. The molecule has 0 radical (unpaired) electrons. The maximum atomic E-state index is 2.61. The molecule has 372 valence electrons. The van der Waals surface area contributed by atoms with Crippen molar-refractivity contribution in [1.29, 1.82) is 0 Å². The highest BCUT2D eigenvalue weighted by Crippen LogP contribution is 2.58. The number of anilines is 3. The van der Waals surface area contributed by atoms with E-state index in [0.29, 0.717) is 0 Å². The molecule has 3 aliphatic carbocycles. The van der Waals surface area contributed by atoms with Crippen LogP contribution in [0.25, 0.3) is 44.5 Å². The first kappa shape index (κ1) is 45.8. The van der Waals surface area contributed by atoms with Crippen molar-refractivity contribution < 1.29 is 0 Å². The molecule has 0 N–H and O–H groups in total. The van der Waals surface area contributed by atoms with Gasteiger partial charge < -0.3 is 4.90 Å². The second kappa shape index (κ2) is 17.6. The average molecular weight is 1020 g/mol. The highest BCUT2D eigenvalue weighted by atomic mass is 28.3. The fourth-order valence-corrected chi connectivity index (χ4v) is 20.3. The molecule has 0 amide bonds. The van der Waals surface area contributed by atoms with Crippen molar-refractivity contribution in [2.75, 3.05) is 4.90 Å². The number of nitrogens with zero attached hydrogens (tertiary/aromatic N) is 1. The lowest BCUT2D eigenvalue weighted by Crippen LogP contribution is -2.73. The molecule has 1 nitrogen and oxygen atoms in total. The van der Waals surface area contributed by atoms with Gasteiger partial charge in [0.2, 0.25) is 0 Å². The number of rotatable bonds is 9. The van der Waals surface area contributed by atoms with Gasteiger partial charge in [-0.05, 0) is 171 Å². The predicted octanol–water partition coefficient (Wildman–Crippen LogP) is 16.0. The molecule has 12 aromatic carbocycles. The van der Waals surface area contributed by atoms with Gasteiger partial charge in [-0.3, -0.25) is 0 Å². The van der Waals surface area contributed by atoms with Crippen LogP contribution in [-0.2, 0) is 23.7 Å². The third-order valence-electron chi connectivity index (χ3n) is 18.6. The Morgan fingerprint density at radius 2 is 0.772 bits per heavy atom. The van der Waals surface area contributed by atoms with Crippen molar-refractivity contribution in [1.82, 2.24) is 0 Å². The summed E-state index contributed by atoms with van der Waals surface area (Å²) in [5.41, 5.74) is 25.0. The third kappa shape index (κ3) is 6.44. The highest BCUT2D eigenvalue weighted by molar-refractivity contribution is 7.22. The molecule has 1 unspecified atom stereocenters. The Hall–Kier alpha value is -9.34. The number of fused-ring (bicyclic) bond motifs is 10. The molecule has 0 bridgehead atoms. The molecule has 1 heterocycles. The summed E-state index contributed by atoms with van der Waals surface area (Å²) in [6.45, 7) is 2.42. The molecule has 4 aliphatic rings. The number of hydrogen-bond acceptors (Lipinski definition) is 1. The first-order valence-corrected chi connectivity index (χ1v) is 30.0. The zero-order chi connectivity index (χ0) is 52.3. The minimum atomic E-state index is -2.70. The van der Waals surface area contributed by atoms with Gasteiger partial charge in [0.05, 0.1) is 5.41 Å². The van der Waals surface area contributed by atoms with Crippen LogP contribution in [0.4, 0.5) is 17.1 Å². The Kier molecular flexibility index (Phi) is 10.2. The zero-order valence-corrected chi connectivity index (χ0v) is 45.1.